The van der Waals surface area contributed by atoms with Gasteiger partial charge in [0.15, 0.2) is 0 Å². The van der Waals surface area contributed by atoms with Gasteiger partial charge in [0.25, 0.3) is 0 Å². The number of piperidine rings is 2. The van der Waals surface area contributed by atoms with Crippen LogP contribution in [0.15, 0.2) is 0 Å². The largest absolute Gasteiger partial charge is 0.393 e. The maximum atomic E-state index is 13.2. The third kappa shape index (κ3) is 3.06. The van der Waals surface area contributed by atoms with E-state index in [0.29, 0.717) is 36.0 Å². The van der Waals surface area contributed by atoms with Crippen LogP contribution in [0.4, 0.5) is 0 Å². The number of aliphatic hydroxyl groups is 2. The van der Waals surface area contributed by atoms with Crippen LogP contribution in [-0.2, 0) is 4.79 Å². The minimum atomic E-state index is -0.542. The minimum Gasteiger partial charge on any atom is -0.393 e. The molecule has 2 N–H and O–H groups in total. The monoisotopic (exact) mass is 429 g/mol. The van der Waals surface area contributed by atoms with Gasteiger partial charge < -0.3 is 10.2 Å². The number of hydrogen-bond donors (Lipinski definition) is 2. The molecule has 0 aromatic heterocycles. The Balaban J connectivity index is 1.27. The highest BCUT2D eigenvalue weighted by atomic mass is 16.3. The average molecular weight is 430 g/mol. The highest BCUT2D eigenvalue weighted by Gasteiger charge is 2.62. The molecule has 6 rings (SSSR count). The number of Topliss-reactive ketones (excluding diaryl/α,β-unsaturated/α-hetero) is 1. The van der Waals surface area contributed by atoms with Crippen LogP contribution in [0.3, 0.4) is 0 Å². The van der Waals surface area contributed by atoms with E-state index in [1.807, 2.05) is 0 Å². The molecule has 4 heteroatoms. The van der Waals surface area contributed by atoms with Crippen LogP contribution < -0.4 is 0 Å². The smallest absolute Gasteiger partial charge is 0.136 e. The Morgan fingerprint density at radius 1 is 0.968 bits per heavy atom. The number of carbonyl (C=O) groups is 1. The van der Waals surface area contributed by atoms with Gasteiger partial charge in [-0.05, 0) is 105 Å². The lowest BCUT2D eigenvalue weighted by Crippen LogP contribution is -2.63. The maximum Gasteiger partial charge on any atom is 0.136 e. The molecular weight excluding hydrogens is 386 g/mol. The zero-order valence-electron chi connectivity index (χ0n) is 19.8. The molecule has 0 radical (unpaired) electrons. The number of ketones is 1. The number of carbonyl (C=O) groups excluding carboxylic acids is 1. The average Bonchev–Trinajstić information content (AvgIpc) is 3.08. The first-order chi connectivity index (χ1) is 14.7. The van der Waals surface area contributed by atoms with Crippen molar-refractivity contribution < 1.29 is 15.0 Å². The van der Waals surface area contributed by atoms with Gasteiger partial charge in [-0.2, -0.15) is 0 Å². The molecule has 0 spiro atoms. The second kappa shape index (κ2) is 7.03. The summed E-state index contributed by atoms with van der Waals surface area (Å²) in [5.41, 5.74) is -0.425. The number of nitrogens with zero attached hydrogens (tertiary/aromatic N) is 1. The normalized spacial score (nSPS) is 59.2. The van der Waals surface area contributed by atoms with Crippen LogP contribution in [-0.4, -0.2) is 51.7 Å². The Hall–Kier alpha value is -0.450. The lowest BCUT2D eigenvalue weighted by molar-refractivity contribution is -0.146. The summed E-state index contributed by atoms with van der Waals surface area (Å²) in [4.78, 5) is 15.9. The van der Waals surface area contributed by atoms with Gasteiger partial charge in [-0.3, -0.25) is 9.69 Å². The van der Waals surface area contributed by atoms with Gasteiger partial charge >= 0.3 is 0 Å². The highest BCUT2D eigenvalue weighted by molar-refractivity contribution is 5.83. The molecule has 174 valence electrons. The molecule has 2 aliphatic heterocycles. The summed E-state index contributed by atoms with van der Waals surface area (Å²) in [6.45, 7) is 9.11. The third-order valence-electron chi connectivity index (χ3n) is 11.6. The van der Waals surface area contributed by atoms with Gasteiger partial charge in [-0.25, -0.2) is 0 Å². The van der Waals surface area contributed by atoms with Crippen LogP contribution in [0.1, 0.15) is 78.6 Å². The molecule has 4 saturated carbocycles. The Kier molecular flexibility index (Phi) is 4.78. The van der Waals surface area contributed by atoms with Crippen molar-refractivity contribution in [2.45, 2.75) is 96.3 Å². The van der Waals surface area contributed by atoms with Crippen LogP contribution in [0.2, 0.25) is 0 Å². The molecule has 4 nitrogen and oxygen atoms in total. The van der Waals surface area contributed by atoms with Crippen molar-refractivity contribution in [1.29, 1.82) is 0 Å². The van der Waals surface area contributed by atoms with Crippen LogP contribution in [0.5, 0.6) is 0 Å². The molecule has 2 heterocycles. The molecule has 2 saturated heterocycles. The first-order valence-corrected chi connectivity index (χ1v) is 13.3. The van der Waals surface area contributed by atoms with Crippen molar-refractivity contribution in [2.75, 3.05) is 13.1 Å². The summed E-state index contributed by atoms with van der Waals surface area (Å²) in [6.07, 6.45) is 9.18. The first kappa shape index (κ1) is 21.1. The summed E-state index contributed by atoms with van der Waals surface area (Å²) < 4.78 is 0. The summed E-state index contributed by atoms with van der Waals surface area (Å²) in [5, 5.41) is 21.5. The Morgan fingerprint density at radius 2 is 1.77 bits per heavy atom. The molecule has 0 unspecified atom stereocenters. The van der Waals surface area contributed by atoms with Gasteiger partial charge in [0.1, 0.15) is 5.78 Å². The molecule has 0 aromatic rings. The van der Waals surface area contributed by atoms with E-state index < -0.39 is 5.60 Å². The van der Waals surface area contributed by atoms with E-state index in [1.165, 1.54) is 32.2 Å². The first-order valence-electron chi connectivity index (χ1n) is 13.3. The topological polar surface area (TPSA) is 60.8 Å². The van der Waals surface area contributed by atoms with Crippen molar-refractivity contribution in [2.24, 2.45) is 52.8 Å². The Morgan fingerprint density at radius 3 is 2.58 bits per heavy atom. The fourth-order valence-electron chi connectivity index (χ4n) is 10.4. The van der Waals surface area contributed by atoms with Crippen LogP contribution in [0, 0.1) is 52.8 Å². The molecule has 6 aliphatic rings. The lowest BCUT2D eigenvalue weighted by atomic mass is 9.51. The van der Waals surface area contributed by atoms with Gasteiger partial charge in [0.05, 0.1) is 11.7 Å². The third-order valence-corrected chi connectivity index (χ3v) is 11.6. The predicted octanol–water partition coefficient (Wildman–Crippen LogP) is 3.89. The molecule has 0 amide bonds. The fourth-order valence-corrected chi connectivity index (χ4v) is 10.4. The van der Waals surface area contributed by atoms with Crippen molar-refractivity contribution in [3.8, 4) is 0 Å². The zero-order chi connectivity index (χ0) is 21.7. The SMILES string of the molecule is C[C@@H]1CN2C[C@@H]3[C@H](CC[C@@H]4[C@H]3C[C@H]3[C@H]4CC(=O)[C@H]4C[C@@H](O)CC[C@@]43C)C[C@@H]2[C@](C)(O)C1. The minimum absolute atomic E-state index is 0.0993. The molecule has 12 atom stereocenters. The molecular formula is C27H43NO3. The predicted molar refractivity (Wildman–Crippen MR) is 120 cm³/mol. The van der Waals surface area contributed by atoms with E-state index in [-0.39, 0.29) is 17.4 Å². The number of fused-ring (bicyclic) bond motifs is 8. The standard InChI is InChI=1S/C27H43NO3/c1-15-12-27(3,31)25-8-16-4-5-18-19(21(16)14-28(25)13-15)10-22-20(18)11-24(30)23-9-17(29)6-7-26(22,23)2/h15-23,25,29,31H,4-14H2,1-3H3/t15-,16+,17-,18+,19+,20-,21+,22-,23+,25+,26+,27+/m0/s1. The lowest BCUT2D eigenvalue weighted by Gasteiger charge is -2.57. The van der Waals surface area contributed by atoms with Crippen molar-refractivity contribution >= 4 is 5.78 Å². The van der Waals surface area contributed by atoms with Gasteiger partial charge in [0, 0.05) is 31.5 Å². The van der Waals surface area contributed by atoms with E-state index in [1.54, 1.807) is 0 Å². The molecule has 0 aromatic carbocycles. The van der Waals surface area contributed by atoms with Crippen LogP contribution >= 0.6 is 0 Å². The quantitative estimate of drug-likeness (QED) is 0.613. The Labute approximate surface area is 188 Å². The van der Waals surface area contributed by atoms with Gasteiger partial charge in [-0.15, -0.1) is 0 Å². The van der Waals surface area contributed by atoms with Gasteiger partial charge in [0.2, 0.25) is 0 Å². The number of rotatable bonds is 0. The van der Waals surface area contributed by atoms with Crippen molar-refractivity contribution in [3.63, 3.8) is 0 Å². The summed E-state index contributed by atoms with van der Waals surface area (Å²) >= 11 is 0. The van der Waals surface area contributed by atoms with Gasteiger partial charge in [-0.1, -0.05) is 13.8 Å². The second-order valence-electron chi connectivity index (χ2n) is 13.4. The summed E-state index contributed by atoms with van der Waals surface area (Å²) in [5.74, 6) is 5.43. The molecule has 0 bridgehead atoms. The maximum absolute atomic E-state index is 13.2. The number of hydrogen-bond acceptors (Lipinski definition) is 4. The van der Waals surface area contributed by atoms with E-state index >= 15 is 0 Å². The molecule has 4 aliphatic carbocycles. The zero-order valence-corrected chi connectivity index (χ0v) is 19.8. The summed E-state index contributed by atoms with van der Waals surface area (Å²) in [7, 11) is 0. The van der Waals surface area contributed by atoms with Crippen molar-refractivity contribution in [1.82, 2.24) is 4.90 Å². The summed E-state index contributed by atoms with van der Waals surface area (Å²) in [6, 6.07) is 0.341. The van der Waals surface area contributed by atoms with E-state index in [2.05, 4.69) is 25.7 Å². The molecule has 31 heavy (non-hydrogen) atoms. The van der Waals surface area contributed by atoms with Crippen LogP contribution in [0.25, 0.3) is 0 Å². The van der Waals surface area contributed by atoms with Crippen molar-refractivity contribution in [3.05, 3.63) is 0 Å². The number of aliphatic hydroxyl groups excluding tert-OH is 1. The fraction of sp³-hybridized carbons (Fsp3) is 0.963. The highest BCUT2D eigenvalue weighted by Crippen LogP contribution is 2.66. The van der Waals surface area contributed by atoms with E-state index in [4.69, 9.17) is 0 Å². The molecule has 6 fully saturated rings. The Bertz CT molecular complexity index is 751. The van der Waals surface area contributed by atoms with E-state index in [0.717, 1.165) is 55.9 Å². The van der Waals surface area contributed by atoms with E-state index in [9.17, 15) is 15.0 Å². The second-order valence-corrected chi connectivity index (χ2v) is 13.4.